The number of halogens is 2. The summed E-state index contributed by atoms with van der Waals surface area (Å²) < 4.78 is 1.04. The van der Waals surface area contributed by atoms with Gasteiger partial charge in [0.15, 0.2) is 0 Å². The van der Waals surface area contributed by atoms with Crippen LogP contribution in [0.4, 0.5) is 11.4 Å². The van der Waals surface area contributed by atoms with Gasteiger partial charge in [0.25, 0.3) is 0 Å². The first-order valence-electron chi connectivity index (χ1n) is 7.86. The molecule has 6 heteroatoms. The quantitative estimate of drug-likeness (QED) is 0.709. The van der Waals surface area contributed by atoms with E-state index >= 15 is 0 Å². The summed E-state index contributed by atoms with van der Waals surface area (Å²) in [5, 5.41) is 7.78. The van der Waals surface area contributed by atoms with Gasteiger partial charge in [0.1, 0.15) is 5.84 Å². The molecule has 0 aromatic heterocycles. The van der Waals surface area contributed by atoms with E-state index in [-0.39, 0.29) is 12.0 Å². The van der Waals surface area contributed by atoms with Crippen molar-refractivity contribution in [2.75, 3.05) is 31.5 Å². The number of amidine groups is 1. The van der Waals surface area contributed by atoms with Crippen LogP contribution in [0.1, 0.15) is 0 Å². The number of hydrogen-bond acceptors (Lipinski definition) is 4. The Balaban J connectivity index is 1.80. The summed E-state index contributed by atoms with van der Waals surface area (Å²) in [6.07, 6.45) is 6.23. The smallest absolute Gasteiger partial charge is 0.114 e. The minimum absolute atomic E-state index is 0.128. The van der Waals surface area contributed by atoms with Crippen LogP contribution in [-0.2, 0) is 0 Å². The van der Waals surface area contributed by atoms with Gasteiger partial charge < -0.3 is 15.5 Å². The predicted octanol–water partition coefficient (Wildman–Crippen LogP) is 3.49. The molecule has 2 heterocycles. The van der Waals surface area contributed by atoms with Gasteiger partial charge in [0.2, 0.25) is 0 Å². The minimum atomic E-state index is 0.128. The van der Waals surface area contributed by atoms with Crippen molar-refractivity contribution in [3.63, 3.8) is 0 Å². The molecule has 23 heavy (non-hydrogen) atoms. The molecule has 4 rings (SSSR count). The van der Waals surface area contributed by atoms with Crippen LogP contribution in [0.15, 0.2) is 50.9 Å². The van der Waals surface area contributed by atoms with E-state index in [9.17, 15) is 0 Å². The highest BCUT2D eigenvalue weighted by molar-refractivity contribution is 9.10. The fourth-order valence-electron chi connectivity index (χ4n) is 3.30. The third-order valence-corrected chi connectivity index (χ3v) is 5.19. The van der Waals surface area contributed by atoms with Crippen molar-refractivity contribution in [1.29, 1.82) is 0 Å². The summed E-state index contributed by atoms with van der Waals surface area (Å²) in [5.41, 5.74) is 2.02. The monoisotopic (exact) mass is 392 g/mol. The molecule has 1 aromatic rings. The lowest BCUT2D eigenvalue weighted by Gasteiger charge is -2.35. The number of benzene rings is 1. The summed E-state index contributed by atoms with van der Waals surface area (Å²) >= 11 is 9.79. The van der Waals surface area contributed by atoms with Crippen LogP contribution >= 0.6 is 27.5 Å². The van der Waals surface area contributed by atoms with E-state index < -0.39 is 0 Å². The Morgan fingerprint density at radius 1 is 1.26 bits per heavy atom. The Hall–Kier alpha value is -1.30. The summed E-state index contributed by atoms with van der Waals surface area (Å²) in [6.45, 7) is 3.96. The molecule has 120 valence electrons. The van der Waals surface area contributed by atoms with E-state index in [0.29, 0.717) is 0 Å². The maximum Gasteiger partial charge on any atom is 0.114 e. The SMILES string of the molecule is ClC1=CC2Nc3ccc(Br)cc3N=C(N3CCNCC3)C2C=C1. The lowest BCUT2D eigenvalue weighted by molar-refractivity contribution is 0.344. The lowest BCUT2D eigenvalue weighted by atomic mass is 9.92. The van der Waals surface area contributed by atoms with Crippen molar-refractivity contribution < 1.29 is 0 Å². The van der Waals surface area contributed by atoms with Gasteiger partial charge in [0.05, 0.1) is 23.3 Å². The molecule has 0 amide bonds. The molecule has 2 aliphatic heterocycles. The van der Waals surface area contributed by atoms with E-state index in [1.807, 2.05) is 12.1 Å². The number of nitrogens with one attached hydrogen (secondary N) is 2. The molecule has 0 saturated carbocycles. The van der Waals surface area contributed by atoms with Crippen LogP contribution in [0.5, 0.6) is 0 Å². The molecular weight excluding hydrogens is 376 g/mol. The molecule has 1 aromatic carbocycles. The lowest BCUT2D eigenvalue weighted by Crippen LogP contribution is -2.50. The molecule has 0 radical (unpaired) electrons. The number of anilines is 1. The largest absolute Gasteiger partial charge is 0.376 e. The molecule has 4 nitrogen and oxygen atoms in total. The minimum Gasteiger partial charge on any atom is -0.376 e. The van der Waals surface area contributed by atoms with Gasteiger partial charge in [-0.3, -0.25) is 0 Å². The Labute approximate surface area is 149 Å². The summed E-state index contributed by atoms with van der Waals surface area (Å²) in [6, 6.07) is 6.30. The first kappa shape index (κ1) is 15.2. The Morgan fingerprint density at radius 3 is 2.91 bits per heavy atom. The van der Waals surface area contributed by atoms with Crippen LogP contribution < -0.4 is 10.6 Å². The molecule has 2 atom stereocenters. The molecule has 0 spiro atoms. The van der Waals surface area contributed by atoms with E-state index in [4.69, 9.17) is 16.6 Å². The zero-order valence-corrected chi connectivity index (χ0v) is 14.9. The molecule has 3 aliphatic rings. The molecule has 1 saturated heterocycles. The van der Waals surface area contributed by atoms with Crippen LogP contribution in [0, 0.1) is 5.92 Å². The molecule has 2 N–H and O–H groups in total. The maximum atomic E-state index is 6.24. The zero-order valence-electron chi connectivity index (χ0n) is 12.6. The van der Waals surface area contributed by atoms with Crippen molar-refractivity contribution in [2.45, 2.75) is 6.04 Å². The van der Waals surface area contributed by atoms with Crippen LogP contribution in [0.3, 0.4) is 0 Å². The molecule has 1 aliphatic carbocycles. The van der Waals surface area contributed by atoms with Crippen molar-refractivity contribution in [1.82, 2.24) is 10.2 Å². The third-order valence-electron chi connectivity index (χ3n) is 4.44. The highest BCUT2D eigenvalue weighted by atomic mass is 79.9. The average Bonchev–Trinajstić information content (AvgIpc) is 2.71. The van der Waals surface area contributed by atoms with Gasteiger partial charge in [-0.1, -0.05) is 33.6 Å². The second-order valence-corrected chi connectivity index (χ2v) is 7.33. The third kappa shape index (κ3) is 3.05. The van der Waals surface area contributed by atoms with Crippen molar-refractivity contribution in [3.05, 3.63) is 45.9 Å². The van der Waals surface area contributed by atoms with Gasteiger partial charge in [-0.05, 0) is 30.4 Å². The summed E-state index contributed by atoms with van der Waals surface area (Å²) in [5.74, 6) is 1.32. The number of aliphatic imine (C=N–C) groups is 1. The fraction of sp³-hybridized carbons (Fsp3) is 0.353. The number of fused-ring (bicyclic) bond motifs is 2. The summed E-state index contributed by atoms with van der Waals surface area (Å²) in [4.78, 5) is 7.42. The van der Waals surface area contributed by atoms with Crippen LogP contribution in [0.2, 0.25) is 0 Å². The number of allylic oxidation sites excluding steroid dienone is 2. The van der Waals surface area contributed by atoms with Crippen molar-refractivity contribution in [2.24, 2.45) is 10.9 Å². The number of piperazine rings is 1. The summed E-state index contributed by atoms with van der Waals surface area (Å²) in [7, 11) is 0. The Bertz CT molecular complexity index is 707. The average molecular weight is 394 g/mol. The fourth-order valence-corrected chi connectivity index (χ4v) is 3.85. The van der Waals surface area contributed by atoms with Gasteiger partial charge in [-0.15, -0.1) is 0 Å². The molecule has 2 unspecified atom stereocenters. The number of nitrogens with zero attached hydrogens (tertiary/aromatic N) is 2. The van der Waals surface area contributed by atoms with E-state index in [2.05, 4.69) is 55.7 Å². The standard InChI is InChI=1S/C17H18BrClN4/c18-11-1-4-14-16(9-11)22-17(23-7-5-20-6-8-23)13-3-2-12(19)10-15(13)21-14/h1-4,9-10,13,15,20-21H,5-8H2. The number of rotatable bonds is 0. The Kier molecular flexibility index (Phi) is 4.18. The zero-order chi connectivity index (χ0) is 15.8. The van der Waals surface area contributed by atoms with Crippen LogP contribution in [0.25, 0.3) is 0 Å². The van der Waals surface area contributed by atoms with Gasteiger partial charge in [0, 0.05) is 35.7 Å². The highest BCUT2D eigenvalue weighted by Crippen LogP contribution is 2.36. The van der Waals surface area contributed by atoms with Crippen molar-refractivity contribution >= 4 is 44.7 Å². The molecule has 1 fully saturated rings. The van der Waals surface area contributed by atoms with Crippen LogP contribution in [-0.4, -0.2) is 43.0 Å². The van der Waals surface area contributed by atoms with E-state index in [0.717, 1.165) is 52.9 Å². The molecule has 0 bridgehead atoms. The normalized spacial score (nSPS) is 26.4. The van der Waals surface area contributed by atoms with Gasteiger partial charge in [-0.2, -0.15) is 0 Å². The second-order valence-electron chi connectivity index (χ2n) is 5.98. The van der Waals surface area contributed by atoms with Gasteiger partial charge >= 0.3 is 0 Å². The Morgan fingerprint density at radius 2 is 2.09 bits per heavy atom. The van der Waals surface area contributed by atoms with Crippen molar-refractivity contribution in [3.8, 4) is 0 Å². The second kappa shape index (κ2) is 6.30. The number of hydrogen-bond donors (Lipinski definition) is 2. The maximum absolute atomic E-state index is 6.24. The topological polar surface area (TPSA) is 39.7 Å². The van der Waals surface area contributed by atoms with Gasteiger partial charge in [-0.25, -0.2) is 4.99 Å². The van der Waals surface area contributed by atoms with E-state index in [1.165, 1.54) is 0 Å². The molecular formula is C17H18BrClN4. The first-order valence-corrected chi connectivity index (χ1v) is 9.04. The predicted molar refractivity (Wildman–Crippen MR) is 99.7 cm³/mol. The highest BCUT2D eigenvalue weighted by Gasteiger charge is 2.32. The first-order chi connectivity index (χ1) is 11.2. The van der Waals surface area contributed by atoms with E-state index in [1.54, 1.807) is 0 Å².